The Labute approximate surface area is 112 Å². The third kappa shape index (κ3) is 4.46. The maximum atomic E-state index is 11.4. The second-order valence-electron chi connectivity index (χ2n) is 1.47. The number of halogens is 5. The number of alkyl halides is 5. The van der Waals surface area contributed by atoms with E-state index in [1.165, 1.54) is 0 Å². The fourth-order valence-electron chi connectivity index (χ4n) is 0.142. The van der Waals surface area contributed by atoms with Gasteiger partial charge in [0.25, 0.3) is 0 Å². The third-order valence-corrected chi connectivity index (χ3v) is 1.50. The normalized spacial score (nSPS) is 12.8. The van der Waals surface area contributed by atoms with E-state index in [-0.39, 0.29) is 56.9 Å². The average molecular weight is 256 g/mol. The first kappa shape index (κ1) is 19.7. The summed E-state index contributed by atoms with van der Waals surface area (Å²) in [7, 11) is -6.67. The van der Waals surface area contributed by atoms with Crippen molar-refractivity contribution in [3.63, 3.8) is 0 Å². The fraction of sp³-hybridized carbons (Fsp3) is 1.00. The average Bonchev–Trinajstić information content (AvgIpc) is 1.58. The van der Waals surface area contributed by atoms with Crippen molar-refractivity contribution in [2.75, 3.05) is 0 Å². The van der Waals surface area contributed by atoms with Crippen LogP contribution in [0.4, 0.5) is 22.0 Å². The zero-order valence-electron chi connectivity index (χ0n) is 6.02. The molecule has 2 N–H and O–H groups in total. The van der Waals surface area contributed by atoms with E-state index in [1.54, 1.807) is 0 Å². The molecule has 0 rings (SSSR count). The van der Waals surface area contributed by atoms with Gasteiger partial charge in [-0.15, -0.1) is 0 Å². The number of rotatable bonds is 1. The predicted molar refractivity (Wildman–Crippen MR) is 24.3 cm³/mol. The molecule has 0 aliphatic rings. The molecule has 0 aromatic carbocycles. The molecule has 0 radical (unpaired) electrons. The minimum Gasteiger partial charge on any atom is -0.743 e. The molecule has 76 valence electrons. The van der Waals surface area contributed by atoms with E-state index in [0.717, 1.165) is 0 Å². The van der Waals surface area contributed by atoms with Gasteiger partial charge in [-0.25, -0.2) is 8.42 Å². The van der Waals surface area contributed by atoms with Crippen LogP contribution in [0.3, 0.4) is 0 Å². The Morgan fingerprint density at radius 2 is 1.23 bits per heavy atom. The SMILES string of the molecule is O.O=S(=O)([O-])C(F)(F)C(F)(F)F.[K+]. The first-order valence-electron chi connectivity index (χ1n) is 1.90. The van der Waals surface area contributed by atoms with E-state index in [9.17, 15) is 34.9 Å². The van der Waals surface area contributed by atoms with Crippen LogP contribution >= 0.6 is 0 Å². The van der Waals surface area contributed by atoms with Gasteiger partial charge < -0.3 is 10.0 Å². The van der Waals surface area contributed by atoms with E-state index in [2.05, 4.69) is 0 Å². The summed E-state index contributed by atoms with van der Waals surface area (Å²) in [6.45, 7) is 0. The zero-order chi connectivity index (χ0) is 9.50. The van der Waals surface area contributed by atoms with Crippen molar-refractivity contribution in [3.05, 3.63) is 0 Å². The smallest absolute Gasteiger partial charge is 0.743 e. The van der Waals surface area contributed by atoms with Gasteiger partial charge in [0.05, 0.1) is 0 Å². The molecule has 0 amide bonds. The summed E-state index contributed by atoms with van der Waals surface area (Å²) in [6.07, 6.45) is -6.35. The van der Waals surface area contributed by atoms with E-state index in [1.807, 2.05) is 0 Å². The maximum Gasteiger partial charge on any atom is 1.00 e. The molecule has 0 saturated carbocycles. The van der Waals surface area contributed by atoms with Gasteiger partial charge >= 0.3 is 62.8 Å². The van der Waals surface area contributed by atoms with Crippen LogP contribution < -0.4 is 51.4 Å². The molecular weight excluding hydrogens is 254 g/mol. The summed E-state index contributed by atoms with van der Waals surface area (Å²) in [4.78, 5) is 0. The molecule has 0 aliphatic heterocycles. The summed E-state index contributed by atoms with van der Waals surface area (Å²) in [6, 6.07) is 0. The van der Waals surface area contributed by atoms with Crippen molar-refractivity contribution >= 4 is 10.1 Å². The molecule has 0 aliphatic carbocycles. The molecule has 0 saturated heterocycles. The van der Waals surface area contributed by atoms with Crippen LogP contribution in [0.25, 0.3) is 0 Å². The summed E-state index contributed by atoms with van der Waals surface area (Å²) >= 11 is 0. The number of hydrogen-bond donors (Lipinski definition) is 0. The summed E-state index contributed by atoms with van der Waals surface area (Å²) in [5.41, 5.74) is 0. The van der Waals surface area contributed by atoms with E-state index in [4.69, 9.17) is 0 Å². The van der Waals surface area contributed by atoms with Gasteiger partial charge in [0.1, 0.15) is 0 Å². The molecule has 0 fully saturated rings. The van der Waals surface area contributed by atoms with Crippen LogP contribution in [-0.2, 0) is 10.1 Å². The largest absolute Gasteiger partial charge is 1.00 e. The van der Waals surface area contributed by atoms with Gasteiger partial charge in [-0.3, -0.25) is 0 Å². The van der Waals surface area contributed by atoms with Crippen molar-refractivity contribution < 1.29 is 91.8 Å². The standard InChI is InChI=1S/C2HF5O3S.K.H2O/c3-1(4,5)2(6,7)11(8,9)10;;/h(H,8,9,10);;1H2/q;+1;/p-1. The fourth-order valence-corrected chi connectivity index (χ4v) is 0.425. The minimum absolute atomic E-state index is 0. The summed E-state index contributed by atoms with van der Waals surface area (Å²) in [5, 5.41) is -6.21. The monoisotopic (exact) mass is 256 g/mol. The van der Waals surface area contributed by atoms with Gasteiger partial charge in [-0.05, 0) is 0 Å². The van der Waals surface area contributed by atoms with Crippen molar-refractivity contribution in [3.8, 4) is 0 Å². The first-order chi connectivity index (χ1) is 4.50. The van der Waals surface area contributed by atoms with Gasteiger partial charge in [0, 0.05) is 0 Å². The molecule has 0 heterocycles. The van der Waals surface area contributed by atoms with Crippen LogP contribution in [0.15, 0.2) is 0 Å². The molecule has 0 aromatic rings. The minimum atomic E-state index is -6.67. The molecule has 0 unspecified atom stereocenters. The van der Waals surface area contributed by atoms with Crippen molar-refractivity contribution in [1.82, 2.24) is 0 Å². The Balaban J connectivity index is -0.000000500. The third-order valence-electron chi connectivity index (χ3n) is 0.644. The van der Waals surface area contributed by atoms with Gasteiger partial charge in [0.2, 0.25) is 0 Å². The van der Waals surface area contributed by atoms with Crippen molar-refractivity contribution in [2.24, 2.45) is 0 Å². The summed E-state index contributed by atoms with van der Waals surface area (Å²) < 4.78 is 83.6. The van der Waals surface area contributed by atoms with Crippen LogP contribution in [-0.4, -0.2) is 29.9 Å². The Bertz CT molecular complexity index is 244. The quantitative estimate of drug-likeness (QED) is 0.282. The molecule has 4 nitrogen and oxygen atoms in total. The van der Waals surface area contributed by atoms with E-state index >= 15 is 0 Å². The first-order valence-corrected chi connectivity index (χ1v) is 3.31. The second kappa shape index (κ2) is 5.30. The zero-order valence-corrected chi connectivity index (χ0v) is 9.96. The van der Waals surface area contributed by atoms with Crippen LogP contribution in [0.5, 0.6) is 0 Å². The van der Waals surface area contributed by atoms with Crippen molar-refractivity contribution in [2.45, 2.75) is 11.4 Å². The van der Waals surface area contributed by atoms with Crippen LogP contribution in [0.2, 0.25) is 0 Å². The Hall–Kier alpha value is 1.16. The molecular formula is C2H2F5KO4S. The maximum absolute atomic E-state index is 11.4. The van der Waals surface area contributed by atoms with Crippen LogP contribution in [0.1, 0.15) is 0 Å². The second-order valence-corrected chi connectivity index (χ2v) is 2.89. The molecule has 11 heteroatoms. The van der Waals surface area contributed by atoms with E-state index in [0.29, 0.717) is 0 Å². The van der Waals surface area contributed by atoms with Gasteiger partial charge in [0.15, 0.2) is 10.1 Å². The molecule has 13 heavy (non-hydrogen) atoms. The van der Waals surface area contributed by atoms with Crippen molar-refractivity contribution in [1.29, 1.82) is 0 Å². The Morgan fingerprint density at radius 1 is 1.00 bits per heavy atom. The van der Waals surface area contributed by atoms with Crippen LogP contribution in [0, 0.1) is 0 Å². The van der Waals surface area contributed by atoms with E-state index < -0.39 is 21.5 Å². The van der Waals surface area contributed by atoms with Gasteiger partial charge in [-0.2, -0.15) is 22.0 Å². The topological polar surface area (TPSA) is 88.7 Å². The number of hydrogen-bond acceptors (Lipinski definition) is 3. The Morgan fingerprint density at radius 3 is 1.23 bits per heavy atom. The van der Waals surface area contributed by atoms with Gasteiger partial charge in [-0.1, -0.05) is 0 Å². The molecule has 0 spiro atoms. The molecule has 0 bridgehead atoms. The Kier molecular flexibility index (Phi) is 8.02. The molecule has 0 aromatic heterocycles. The molecule has 0 atom stereocenters. The predicted octanol–water partition coefficient (Wildman–Crippen LogP) is -3.13. The summed E-state index contributed by atoms with van der Waals surface area (Å²) in [5.74, 6) is 0.